The molecule has 4 rings (SSSR count). The Kier molecular flexibility index (Phi) is 6.72. The smallest absolute Gasteiger partial charge is 0.273 e. The van der Waals surface area contributed by atoms with Crippen LogP contribution in [0.2, 0.25) is 0 Å². The molecule has 1 amide bonds. The van der Waals surface area contributed by atoms with E-state index in [2.05, 4.69) is 10.3 Å². The summed E-state index contributed by atoms with van der Waals surface area (Å²) in [7, 11) is 0. The molecule has 6 nitrogen and oxygen atoms in total. The van der Waals surface area contributed by atoms with E-state index in [1.165, 1.54) is 36.8 Å². The molecule has 2 aromatic heterocycles. The molecule has 0 unspecified atom stereocenters. The molecule has 0 radical (unpaired) electrons. The van der Waals surface area contributed by atoms with Crippen LogP contribution in [0.4, 0.5) is 8.78 Å². The van der Waals surface area contributed by atoms with Gasteiger partial charge in [-0.2, -0.15) is 0 Å². The summed E-state index contributed by atoms with van der Waals surface area (Å²) in [5.41, 5.74) is 1.81. The minimum absolute atomic E-state index is 0.152. The molecule has 32 heavy (non-hydrogen) atoms. The van der Waals surface area contributed by atoms with Gasteiger partial charge >= 0.3 is 0 Å². The van der Waals surface area contributed by atoms with Crippen LogP contribution in [-0.4, -0.2) is 15.8 Å². The van der Waals surface area contributed by atoms with Gasteiger partial charge in [0.1, 0.15) is 23.7 Å². The van der Waals surface area contributed by atoms with Gasteiger partial charge in [0.25, 0.3) is 5.91 Å². The molecule has 0 saturated carbocycles. The molecule has 0 aliphatic heterocycles. The highest BCUT2D eigenvalue weighted by Crippen LogP contribution is 2.16. The van der Waals surface area contributed by atoms with E-state index in [9.17, 15) is 13.6 Å². The number of hydrogen-bond acceptors (Lipinski definition) is 5. The highest BCUT2D eigenvalue weighted by atomic mass is 19.1. The number of oxazole rings is 1. The van der Waals surface area contributed by atoms with Crippen molar-refractivity contribution >= 4 is 5.91 Å². The van der Waals surface area contributed by atoms with E-state index >= 15 is 0 Å². The molecule has 0 saturated heterocycles. The maximum Gasteiger partial charge on any atom is 0.273 e. The predicted molar refractivity (Wildman–Crippen MR) is 112 cm³/mol. The van der Waals surface area contributed by atoms with E-state index in [-0.39, 0.29) is 36.3 Å². The van der Waals surface area contributed by atoms with Crippen molar-refractivity contribution in [2.75, 3.05) is 0 Å². The fourth-order valence-corrected chi connectivity index (χ4v) is 3.26. The van der Waals surface area contributed by atoms with Gasteiger partial charge in [0.2, 0.25) is 5.89 Å². The number of carbonyl (C=O) groups is 1. The van der Waals surface area contributed by atoms with Gasteiger partial charge in [-0.15, -0.1) is 0 Å². The number of benzene rings is 2. The molecule has 0 aliphatic carbocycles. The van der Waals surface area contributed by atoms with Crippen molar-refractivity contribution < 1.29 is 22.4 Å². The van der Waals surface area contributed by atoms with E-state index in [1.54, 1.807) is 30.3 Å². The van der Waals surface area contributed by atoms with Crippen LogP contribution in [0.5, 0.6) is 0 Å². The third kappa shape index (κ3) is 5.89. The highest BCUT2D eigenvalue weighted by molar-refractivity contribution is 5.91. The Morgan fingerprint density at radius 3 is 2.47 bits per heavy atom. The van der Waals surface area contributed by atoms with Gasteiger partial charge in [-0.3, -0.25) is 9.69 Å². The summed E-state index contributed by atoms with van der Waals surface area (Å²) in [6.45, 7) is 1.39. The highest BCUT2D eigenvalue weighted by Gasteiger charge is 2.16. The lowest BCUT2D eigenvalue weighted by atomic mass is 10.1. The standard InChI is InChI=1S/C24H21F2N3O3/c25-19-8-6-17(7-9-19)13-29(14-18-3-1-4-20(26)11-18)15-23-28-22(16-32-23)24(30)27-12-21-5-2-10-31-21/h1-11,16H,12-15H2,(H,27,30). The van der Waals surface area contributed by atoms with Crippen molar-refractivity contribution in [1.29, 1.82) is 0 Å². The zero-order valence-electron chi connectivity index (χ0n) is 17.1. The van der Waals surface area contributed by atoms with Crippen molar-refractivity contribution in [3.05, 3.63) is 113 Å². The van der Waals surface area contributed by atoms with Crippen LogP contribution in [0.3, 0.4) is 0 Å². The molecule has 0 bridgehead atoms. The Bertz CT molecular complexity index is 1160. The lowest BCUT2D eigenvalue weighted by Crippen LogP contribution is -2.24. The summed E-state index contributed by atoms with van der Waals surface area (Å²) < 4.78 is 37.6. The normalized spacial score (nSPS) is 11.1. The zero-order chi connectivity index (χ0) is 22.3. The van der Waals surface area contributed by atoms with Crippen LogP contribution in [0.25, 0.3) is 0 Å². The van der Waals surface area contributed by atoms with Crippen LogP contribution >= 0.6 is 0 Å². The summed E-state index contributed by atoms with van der Waals surface area (Å²) in [4.78, 5) is 18.6. The lowest BCUT2D eigenvalue weighted by molar-refractivity contribution is 0.0943. The van der Waals surface area contributed by atoms with Gasteiger partial charge in [-0.05, 0) is 47.5 Å². The molecule has 0 spiro atoms. The summed E-state index contributed by atoms with van der Waals surface area (Å²) in [6, 6.07) is 16.0. The first-order valence-electron chi connectivity index (χ1n) is 10.0. The van der Waals surface area contributed by atoms with Crippen molar-refractivity contribution in [1.82, 2.24) is 15.2 Å². The quantitative estimate of drug-likeness (QED) is 0.412. The van der Waals surface area contributed by atoms with E-state index in [0.717, 1.165) is 11.1 Å². The number of rotatable bonds is 9. The van der Waals surface area contributed by atoms with Crippen LogP contribution in [0.1, 0.15) is 33.3 Å². The third-order valence-electron chi connectivity index (χ3n) is 4.76. The molecular weight excluding hydrogens is 416 g/mol. The minimum Gasteiger partial charge on any atom is -0.467 e. The predicted octanol–water partition coefficient (Wildman–Crippen LogP) is 4.68. The average molecular weight is 437 g/mol. The van der Waals surface area contributed by atoms with Gasteiger partial charge in [0.05, 0.1) is 19.4 Å². The second kappa shape index (κ2) is 10.0. The average Bonchev–Trinajstić information content (AvgIpc) is 3.46. The first kappa shape index (κ1) is 21.5. The van der Waals surface area contributed by atoms with Crippen molar-refractivity contribution in [2.45, 2.75) is 26.2 Å². The number of nitrogens with one attached hydrogen (secondary N) is 1. The van der Waals surface area contributed by atoms with Crippen LogP contribution in [0, 0.1) is 11.6 Å². The first-order valence-corrected chi connectivity index (χ1v) is 10.0. The second-order valence-corrected chi connectivity index (χ2v) is 7.29. The Balaban J connectivity index is 1.45. The minimum atomic E-state index is -0.383. The number of aromatic nitrogens is 1. The summed E-state index contributed by atoms with van der Waals surface area (Å²) >= 11 is 0. The number of carbonyl (C=O) groups excluding carboxylic acids is 1. The van der Waals surface area contributed by atoms with Gasteiger partial charge in [-0.1, -0.05) is 24.3 Å². The Morgan fingerprint density at radius 1 is 0.906 bits per heavy atom. The Labute approximate surface area is 183 Å². The number of nitrogens with zero attached hydrogens (tertiary/aromatic N) is 2. The fourth-order valence-electron chi connectivity index (χ4n) is 3.26. The molecule has 0 fully saturated rings. The van der Waals surface area contributed by atoms with Crippen LogP contribution in [-0.2, 0) is 26.2 Å². The van der Waals surface area contributed by atoms with E-state index in [4.69, 9.17) is 8.83 Å². The van der Waals surface area contributed by atoms with Crippen molar-refractivity contribution in [3.63, 3.8) is 0 Å². The molecule has 4 aromatic rings. The number of hydrogen-bond donors (Lipinski definition) is 1. The number of amides is 1. The topological polar surface area (TPSA) is 71.5 Å². The maximum atomic E-state index is 13.6. The van der Waals surface area contributed by atoms with Gasteiger partial charge in [0.15, 0.2) is 5.69 Å². The Hall–Kier alpha value is -3.78. The molecule has 0 atom stereocenters. The summed E-state index contributed by atoms with van der Waals surface area (Å²) in [6.07, 6.45) is 2.83. The van der Waals surface area contributed by atoms with E-state index in [1.807, 2.05) is 11.0 Å². The monoisotopic (exact) mass is 437 g/mol. The second-order valence-electron chi connectivity index (χ2n) is 7.29. The SMILES string of the molecule is O=C(NCc1ccco1)c1coc(CN(Cc2ccc(F)cc2)Cc2cccc(F)c2)n1. The van der Waals surface area contributed by atoms with Crippen LogP contribution < -0.4 is 5.32 Å². The fraction of sp³-hybridized carbons (Fsp3) is 0.167. The maximum absolute atomic E-state index is 13.6. The van der Waals surface area contributed by atoms with Gasteiger partial charge in [0, 0.05) is 13.1 Å². The lowest BCUT2D eigenvalue weighted by Gasteiger charge is -2.21. The molecule has 1 N–H and O–H groups in total. The van der Waals surface area contributed by atoms with Crippen LogP contribution in [0.15, 0.2) is 82.0 Å². The zero-order valence-corrected chi connectivity index (χ0v) is 17.1. The molecule has 2 aromatic carbocycles. The first-order chi connectivity index (χ1) is 15.5. The van der Waals surface area contributed by atoms with Crippen molar-refractivity contribution in [3.8, 4) is 0 Å². The number of furan rings is 1. The largest absolute Gasteiger partial charge is 0.467 e. The molecule has 8 heteroatoms. The molecule has 2 heterocycles. The van der Waals surface area contributed by atoms with E-state index in [0.29, 0.717) is 24.7 Å². The molecular formula is C24H21F2N3O3. The summed E-state index contributed by atoms with van der Waals surface area (Å²) in [5, 5.41) is 2.71. The number of halogens is 2. The molecule has 0 aliphatic rings. The summed E-state index contributed by atoms with van der Waals surface area (Å²) in [5.74, 6) is -0.0554. The Morgan fingerprint density at radius 2 is 1.72 bits per heavy atom. The third-order valence-corrected chi connectivity index (χ3v) is 4.76. The van der Waals surface area contributed by atoms with E-state index < -0.39 is 0 Å². The van der Waals surface area contributed by atoms with Gasteiger partial charge in [-0.25, -0.2) is 13.8 Å². The molecule has 164 valence electrons. The van der Waals surface area contributed by atoms with Crippen molar-refractivity contribution in [2.24, 2.45) is 0 Å². The van der Waals surface area contributed by atoms with Gasteiger partial charge < -0.3 is 14.2 Å².